The number of carbonyl (C=O) groups excluding carboxylic acids is 1. The minimum absolute atomic E-state index is 0. The van der Waals surface area contributed by atoms with Crippen molar-refractivity contribution in [1.29, 1.82) is 0 Å². The summed E-state index contributed by atoms with van der Waals surface area (Å²) in [5, 5.41) is 6.32. The predicted molar refractivity (Wildman–Crippen MR) is 84.1 cm³/mol. The lowest BCUT2D eigenvalue weighted by atomic mass is 10.1. The maximum absolute atomic E-state index is 11.9. The number of piperidine rings is 1. The molecule has 1 saturated heterocycles. The lowest BCUT2D eigenvalue weighted by Gasteiger charge is -2.31. The second-order valence-corrected chi connectivity index (χ2v) is 5.16. The van der Waals surface area contributed by atoms with E-state index in [-0.39, 0.29) is 18.3 Å². The van der Waals surface area contributed by atoms with Crippen LogP contribution in [0.4, 0.5) is 0 Å². The summed E-state index contributed by atoms with van der Waals surface area (Å²) in [6, 6.07) is 10.5. The van der Waals surface area contributed by atoms with Crippen molar-refractivity contribution in [3.63, 3.8) is 0 Å². The Bertz CT molecular complexity index is 393. The molecule has 0 saturated carbocycles. The number of benzene rings is 1. The van der Waals surface area contributed by atoms with Crippen LogP contribution in [-0.2, 0) is 11.3 Å². The van der Waals surface area contributed by atoms with Crippen LogP contribution in [-0.4, -0.2) is 43.5 Å². The van der Waals surface area contributed by atoms with E-state index in [0.29, 0.717) is 19.1 Å². The van der Waals surface area contributed by atoms with E-state index in [1.807, 2.05) is 37.4 Å². The zero-order chi connectivity index (χ0) is 13.5. The molecule has 2 rings (SSSR count). The second-order valence-electron chi connectivity index (χ2n) is 5.16. The van der Waals surface area contributed by atoms with E-state index in [1.54, 1.807) is 0 Å². The summed E-state index contributed by atoms with van der Waals surface area (Å²) in [6.45, 7) is 3.21. The lowest BCUT2D eigenvalue weighted by molar-refractivity contribution is -0.122. The fraction of sp³-hybridized carbons (Fsp3) is 0.533. The van der Waals surface area contributed by atoms with Gasteiger partial charge in [-0.05, 0) is 38.5 Å². The van der Waals surface area contributed by atoms with Crippen molar-refractivity contribution in [1.82, 2.24) is 15.5 Å². The molecule has 1 heterocycles. The van der Waals surface area contributed by atoms with Crippen molar-refractivity contribution >= 4 is 18.3 Å². The molecule has 0 unspecified atom stereocenters. The van der Waals surface area contributed by atoms with Gasteiger partial charge in [0.1, 0.15) is 0 Å². The Morgan fingerprint density at radius 1 is 1.30 bits per heavy atom. The maximum atomic E-state index is 11.9. The zero-order valence-corrected chi connectivity index (χ0v) is 12.8. The summed E-state index contributed by atoms with van der Waals surface area (Å²) in [5.74, 6) is 0.102. The van der Waals surface area contributed by atoms with Crippen LogP contribution in [0.15, 0.2) is 30.3 Å². The number of hydrogen-bond donors (Lipinski definition) is 2. The molecule has 5 heteroatoms. The summed E-state index contributed by atoms with van der Waals surface area (Å²) in [7, 11) is 2.04. The van der Waals surface area contributed by atoms with Crippen LogP contribution in [0.2, 0.25) is 0 Å². The van der Waals surface area contributed by atoms with Crippen molar-refractivity contribution in [3.8, 4) is 0 Å². The first-order valence-electron chi connectivity index (χ1n) is 6.97. The van der Waals surface area contributed by atoms with Crippen LogP contribution in [0.5, 0.6) is 0 Å². The Kier molecular flexibility index (Phi) is 7.59. The number of amides is 1. The number of rotatable bonds is 5. The van der Waals surface area contributed by atoms with Gasteiger partial charge in [-0.25, -0.2) is 0 Å². The molecule has 2 N–H and O–H groups in total. The highest BCUT2D eigenvalue weighted by Gasteiger charge is 2.19. The fourth-order valence-electron chi connectivity index (χ4n) is 2.46. The fourth-order valence-corrected chi connectivity index (χ4v) is 2.46. The van der Waals surface area contributed by atoms with Gasteiger partial charge in [0.2, 0.25) is 5.91 Å². The SMILES string of the molecule is CN(CC(=O)NCc1ccccc1)C1CCNCC1.Cl. The van der Waals surface area contributed by atoms with Gasteiger partial charge in [-0.1, -0.05) is 30.3 Å². The van der Waals surface area contributed by atoms with E-state index in [1.165, 1.54) is 0 Å². The number of halogens is 1. The number of carbonyl (C=O) groups is 1. The Balaban J connectivity index is 0.00000200. The number of likely N-dealkylation sites (N-methyl/N-ethyl adjacent to an activating group) is 1. The molecule has 4 nitrogen and oxygen atoms in total. The largest absolute Gasteiger partial charge is 0.351 e. The first-order chi connectivity index (χ1) is 9.25. The van der Waals surface area contributed by atoms with E-state index in [4.69, 9.17) is 0 Å². The first kappa shape index (κ1) is 17.0. The summed E-state index contributed by atoms with van der Waals surface area (Å²) in [6.07, 6.45) is 2.25. The monoisotopic (exact) mass is 297 g/mol. The molecular weight excluding hydrogens is 274 g/mol. The average molecular weight is 298 g/mol. The normalized spacial score (nSPS) is 15.7. The molecule has 1 fully saturated rings. The van der Waals surface area contributed by atoms with Gasteiger partial charge in [-0.2, -0.15) is 0 Å². The van der Waals surface area contributed by atoms with Crippen LogP contribution >= 0.6 is 12.4 Å². The lowest BCUT2D eigenvalue weighted by Crippen LogP contribution is -2.45. The van der Waals surface area contributed by atoms with Gasteiger partial charge in [-0.15, -0.1) is 12.4 Å². The quantitative estimate of drug-likeness (QED) is 0.864. The molecule has 1 aromatic carbocycles. The van der Waals surface area contributed by atoms with Gasteiger partial charge in [0.15, 0.2) is 0 Å². The van der Waals surface area contributed by atoms with Crippen LogP contribution in [0.3, 0.4) is 0 Å². The van der Waals surface area contributed by atoms with Gasteiger partial charge >= 0.3 is 0 Å². The molecule has 0 radical (unpaired) electrons. The molecule has 1 aliphatic heterocycles. The second kappa shape index (κ2) is 8.95. The molecule has 20 heavy (non-hydrogen) atoms. The Hall–Kier alpha value is -1.10. The number of nitrogens with zero attached hydrogens (tertiary/aromatic N) is 1. The van der Waals surface area contributed by atoms with Gasteiger partial charge in [0, 0.05) is 12.6 Å². The molecular formula is C15H24ClN3O. The van der Waals surface area contributed by atoms with Crippen LogP contribution in [0.25, 0.3) is 0 Å². The molecule has 0 atom stereocenters. The minimum Gasteiger partial charge on any atom is -0.351 e. The van der Waals surface area contributed by atoms with E-state index in [0.717, 1.165) is 31.5 Å². The van der Waals surface area contributed by atoms with Crippen LogP contribution in [0.1, 0.15) is 18.4 Å². The zero-order valence-electron chi connectivity index (χ0n) is 12.0. The van der Waals surface area contributed by atoms with Crippen LogP contribution < -0.4 is 10.6 Å². The highest BCUT2D eigenvalue weighted by atomic mass is 35.5. The molecule has 0 bridgehead atoms. The van der Waals surface area contributed by atoms with E-state index >= 15 is 0 Å². The molecule has 0 aliphatic carbocycles. The van der Waals surface area contributed by atoms with E-state index < -0.39 is 0 Å². The highest BCUT2D eigenvalue weighted by molar-refractivity contribution is 5.85. The summed E-state index contributed by atoms with van der Waals surface area (Å²) in [4.78, 5) is 14.1. The average Bonchev–Trinajstić information content (AvgIpc) is 2.47. The Morgan fingerprint density at radius 3 is 2.60 bits per heavy atom. The van der Waals surface area contributed by atoms with Gasteiger partial charge in [-0.3, -0.25) is 9.69 Å². The number of hydrogen-bond acceptors (Lipinski definition) is 3. The van der Waals surface area contributed by atoms with Gasteiger partial charge in [0.25, 0.3) is 0 Å². The predicted octanol–water partition coefficient (Wildman–Crippen LogP) is 1.41. The van der Waals surface area contributed by atoms with Crippen molar-refractivity contribution in [2.24, 2.45) is 0 Å². The Labute approximate surface area is 127 Å². The first-order valence-corrected chi connectivity index (χ1v) is 6.97. The van der Waals surface area contributed by atoms with Crippen LogP contribution in [0, 0.1) is 0 Å². The molecule has 1 aromatic rings. The highest BCUT2D eigenvalue weighted by Crippen LogP contribution is 2.09. The molecule has 1 amide bonds. The maximum Gasteiger partial charge on any atom is 0.234 e. The minimum atomic E-state index is 0. The van der Waals surface area contributed by atoms with Crippen molar-refractivity contribution < 1.29 is 4.79 Å². The molecule has 112 valence electrons. The van der Waals surface area contributed by atoms with Gasteiger partial charge < -0.3 is 10.6 Å². The smallest absolute Gasteiger partial charge is 0.234 e. The third-order valence-corrected chi connectivity index (χ3v) is 3.66. The number of nitrogens with one attached hydrogen (secondary N) is 2. The van der Waals surface area contributed by atoms with Gasteiger partial charge in [0.05, 0.1) is 6.54 Å². The van der Waals surface area contributed by atoms with E-state index in [9.17, 15) is 4.79 Å². The summed E-state index contributed by atoms with van der Waals surface area (Å²) >= 11 is 0. The van der Waals surface area contributed by atoms with Crippen molar-refractivity contribution in [2.45, 2.75) is 25.4 Å². The van der Waals surface area contributed by atoms with E-state index in [2.05, 4.69) is 15.5 Å². The molecule has 1 aliphatic rings. The van der Waals surface area contributed by atoms with Crippen molar-refractivity contribution in [3.05, 3.63) is 35.9 Å². The van der Waals surface area contributed by atoms with Crippen molar-refractivity contribution in [2.75, 3.05) is 26.7 Å². The summed E-state index contributed by atoms with van der Waals surface area (Å²) in [5.41, 5.74) is 1.14. The standard InChI is InChI=1S/C15H23N3O.ClH/c1-18(14-7-9-16-10-8-14)12-15(19)17-11-13-5-3-2-4-6-13;/h2-6,14,16H,7-12H2,1H3,(H,17,19);1H. The summed E-state index contributed by atoms with van der Waals surface area (Å²) < 4.78 is 0. The topological polar surface area (TPSA) is 44.4 Å². The molecule has 0 spiro atoms. The third kappa shape index (κ3) is 5.49. The Morgan fingerprint density at radius 2 is 1.95 bits per heavy atom. The molecule has 0 aromatic heterocycles. The third-order valence-electron chi connectivity index (χ3n) is 3.66.